The molecular weight excluding hydrogens is 160 g/mol. The van der Waals surface area contributed by atoms with Gasteiger partial charge in [-0.05, 0) is 25.3 Å². The number of aliphatic hydroxyl groups excluding tert-OH is 1. The van der Waals surface area contributed by atoms with E-state index >= 15 is 0 Å². The summed E-state index contributed by atoms with van der Waals surface area (Å²) in [6.07, 6.45) is 1.11. The first-order valence-corrected chi connectivity index (χ1v) is 4.55. The molecule has 1 N–H and O–H groups in total. The van der Waals surface area contributed by atoms with E-state index in [0.29, 0.717) is 12.8 Å². The lowest BCUT2D eigenvalue weighted by Crippen LogP contribution is -2.10. The molecule has 0 aliphatic carbocycles. The molecule has 1 atom stereocenters. The predicted molar refractivity (Wildman–Crippen MR) is 55.6 cm³/mol. The number of hydrogen-bond donors (Lipinski definition) is 1. The highest BCUT2D eigenvalue weighted by Crippen LogP contribution is 2.08. The largest absolute Gasteiger partial charge is 0.392 e. The number of aliphatic hydroxyl groups is 1. The molecule has 1 nitrogen and oxygen atoms in total. The van der Waals surface area contributed by atoms with Crippen molar-refractivity contribution in [3.8, 4) is 0 Å². The number of hydrogen-bond acceptors (Lipinski definition) is 1. The van der Waals surface area contributed by atoms with E-state index in [4.69, 9.17) is 0 Å². The fraction of sp³-hybridized carbons (Fsp3) is 0.333. The van der Waals surface area contributed by atoms with Crippen molar-refractivity contribution in [2.75, 3.05) is 0 Å². The summed E-state index contributed by atoms with van der Waals surface area (Å²) in [5.41, 5.74) is 2.21. The lowest BCUT2D eigenvalue weighted by Gasteiger charge is -2.09. The van der Waals surface area contributed by atoms with Crippen LogP contribution in [0.5, 0.6) is 0 Å². The summed E-state index contributed by atoms with van der Waals surface area (Å²) >= 11 is 0. The molecule has 1 rings (SSSR count). The smallest absolute Gasteiger partial charge is 0.0617 e. The van der Waals surface area contributed by atoms with Gasteiger partial charge >= 0.3 is 0 Å². The van der Waals surface area contributed by atoms with E-state index in [1.165, 1.54) is 5.56 Å². The average Bonchev–Trinajstić information content (AvgIpc) is 2.04. The van der Waals surface area contributed by atoms with Gasteiger partial charge in [-0.25, -0.2) is 0 Å². The van der Waals surface area contributed by atoms with Crippen LogP contribution in [0.15, 0.2) is 42.5 Å². The molecule has 1 heteroatoms. The molecule has 0 fully saturated rings. The van der Waals surface area contributed by atoms with Crippen molar-refractivity contribution in [1.29, 1.82) is 0 Å². The van der Waals surface area contributed by atoms with Crippen LogP contribution in [0.4, 0.5) is 0 Å². The number of rotatable bonds is 4. The molecule has 1 aromatic rings. The SMILES string of the molecule is C=C(C)CC(O)Cc1ccccc1. The predicted octanol–water partition coefficient (Wildman–Crippen LogP) is 2.56. The molecule has 0 radical (unpaired) electrons. The van der Waals surface area contributed by atoms with Gasteiger partial charge in [0.25, 0.3) is 0 Å². The fourth-order valence-corrected chi connectivity index (χ4v) is 1.36. The first kappa shape index (κ1) is 10.0. The third-order valence-electron chi connectivity index (χ3n) is 1.90. The maximum Gasteiger partial charge on any atom is 0.0617 e. The first-order chi connectivity index (χ1) is 6.18. The van der Waals surface area contributed by atoms with Gasteiger partial charge in [-0.15, -0.1) is 6.58 Å². The van der Waals surface area contributed by atoms with Gasteiger partial charge < -0.3 is 5.11 Å². The summed E-state index contributed by atoms with van der Waals surface area (Å²) in [4.78, 5) is 0. The molecule has 0 saturated heterocycles. The summed E-state index contributed by atoms with van der Waals surface area (Å²) in [6.45, 7) is 5.72. The molecule has 0 aliphatic rings. The topological polar surface area (TPSA) is 20.2 Å². The van der Waals surface area contributed by atoms with E-state index < -0.39 is 0 Å². The molecule has 0 aromatic heterocycles. The summed E-state index contributed by atoms with van der Waals surface area (Å²) in [7, 11) is 0. The lowest BCUT2D eigenvalue weighted by molar-refractivity contribution is 0.175. The van der Waals surface area contributed by atoms with E-state index in [0.717, 1.165) is 5.57 Å². The highest BCUT2D eigenvalue weighted by Gasteiger charge is 2.04. The Morgan fingerprint density at radius 1 is 1.38 bits per heavy atom. The van der Waals surface area contributed by atoms with Gasteiger partial charge in [0.05, 0.1) is 6.10 Å². The average molecular weight is 176 g/mol. The standard InChI is InChI=1S/C12H16O/c1-10(2)8-12(13)9-11-6-4-3-5-7-11/h3-7,12-13H,1,8-9H2,2H3. The molecule has 0 heterocycles. The Balaban J connectivity index is 2.45. The van der Waals surface area contributed by atoms with E-state index in [1.807, 2.05) is 37.3 Å². The van der Waals surface area contributed by atoms with Crippen LogP contribution < -0.4 is 0 Å². The highest BCUT2D eigenvalue weighted by molar-refractivity contribution is 5.15. The molecular formula is C12H16O. The second-order valence-corrected chi connectivity index (χ2v) is 3.50. The van der Waals surface area contributed by atoms with Crippen LogP contribution in [-0.2, 0) is 6.42 Å². The zero-order valence-corrected chi connectivity index (χ0v) is 8.03. The normalized spacial score (nSPS) is 12.5. The Morgan fingerprint density at radius 2 is 2.00 bits per heavy atom. The minimum absolute atomic E-state index is 0.292. The van der Waals surface area contributed by atoms with E-state index in [1.54, 1.807) is 0 Å². The summed E-state index contributed by atoms with van der Waals surface area (Å²) in [6, 6.07) is 10.0. The molecule has 0 amide bonds. The fourth-order valence-electron chi connectivity index (χ4n) is 1.36. The van der Waals surface area contributed by atoms with E-state index in [2.05, 4.69) is 6.58 Å². The monoisotopic (exact) mass is 176 g/mol. The van der Waals surface area contributed by atoms with Crippen LogP contribution in [0.1, 0.15) is 18.9 Å². The van der Waals surface area contributed by atoms with E-state index in [-0.39, 0.29) is 6.10 Å². The van der Waals surface area contributed by atoms with Crippen LogP contribution >= 0.6 is 0 Å². The third-order valence-corrected chi connectivity index (χ3v) is 1.90. The van der Waals surface area contributed by atoms with E-state index in [9.17, 15) is 5.11 Å². The second-order valence-electron chi connectivity index (χ2n) is 3.50. The van der Waals surface area contributed by atoms with Crippen LogP contribution in [0.25, 0.3) is 0 Å². The summed E-state index contributed by atoms with van der Waals surface area (Å²) in [5.74, 6) is 0. The van der Waals surface area contributed by atoms with Gasteiger partial charge in [-0.1, -0.05) is 35.9 Å². The van der Waals surface area contributed by atoms with Gasteiger partial charge in [0.2, 0.25) is 0 Å². The Kier molecular flexibility index (Phi) is 3.71. The Morgan fingerprint density at radius 3 is 2.54 bits per heavy atom. The van der Waals surface area contributed by atoms with Crippen molar-refractivity contribution >= 4 is 0 Å². The van der Waals surface area contributed by atoms with Crippen LogP contribution in [0.3, 0.4) is 0 Å². The molecule has 0 spiro atoms. The summed E-state index contributed by atoms with van der Waals surface area (Å²) < 4.78 is 0. The van der Waals surface area contributed by atoms with Gasteiger partial charge in [0.15, 0.2) is 0 Å². The lowest BCUT2D eigenvalue weighted by atomic mass is 10.0. The van der Waals surface area contributed by atoms with Gasteiger partial charge in [0.1, 0.15) is 0 Å². The maximum atomic E-state index is 9.61. The number of benzene rings is 1. The van der Waals surface area contributed by atoms with Crippen molar-refractivity contribution in [3.05, 3.63) is 48.0 Å². The van der Waals surface area contributed by atoms with Gasteiger partial charge in [-0.3, -0.25) is 0 Å². The zero-order valence-electron chi connectivity index (χ0n) is 8.03. The molecule has 0 aliphatic heterocycles. The zero-order chi connectivity index (χ0) is 9.68. The molecule has 1 unspecified atom stereocenters. The van der Waals surface area contributed by atoms with Gasteiger partial charge in [0, 0.05) is 0 Å². The molecule has 0 saturated carbocycles. The van der Waals surface area contributed by atoms with Crippen molar-refractivity contribution in [2.24, 2.45) is 0 Å². The minimum Gasteiger partial charge on any atom is -0.392 e. The molecule has 0 bridgehead atoms. The first-order valence-electron chi connectivity index (χ1n) is 4.55. The minimum atomic E-state index is -0.292. The Hall–Kier alpha value is -1.08. The van der Waals surface area contributed by atoms with Crippen LogP contribution in [0, 0.1) is 0 Å². The third kappa shape index (κ3) is 3.90. The maximum absolute atomic E-state index is 9.61. The van der Waals surface area contributed by atoms with Crippen molar-refractivity contribution < 1.29 is 5.11 Å². The van der Waals surface area contributed by atoms with Gasteiger partial charge in [-0.2, -0.15) is 0 Å². The summed E-state index contributed by atoms with van der Waals surface area (Å²) in [5, 5.41) is 9.61. The van der Waals surface area contributed by atoms with Crippen LogP contribution in [0.2, 0.25) is 0 Å². The Bertz CT molecular complexity index is 264. The molecule has 1 aromatic carbocycles. The Labute approximate surface area is 79.7 Å². The molecule has 70 valence electrons. The van der Waals surface area contributed by atoms with Crippen molar-refractivity contribution in [3.63, 3.8) is 0 Å². The second kappa shape index (κ2) is 4.83. The molecule has 13 heavy (non-hydrogen) atoms. The van der Waals surface area contributed by atoms with Crippen LogP contribution in [-0.4, -0.2) is 11.2 Å². The quantitative estimate of drug-likeness (QED) is 0.699. The highest BCUT2D eigenvalue weighted by atomic mass is 16.3. The van der Waals surface area contributed by atoms with Crippen molar-refractivity contribution in [2.45, 2.75) is 25.9 Å². The van der Waals surface area contributed by atoms with Crippen molar-refractivity contribution in [1.82, 2.24) is 0 Å².